The van der Waals surface area contributed by atoms with E-state index in [1.807, 2.05) is 6.92 Å². The lowest BCUT2D eigenvalue weighted by Crippen LogP contribution is -2.22. The number of amides is 1. The quantitative estimate of drug-likeness (QED) is 0.717. The van der Waals surface area contributed by atoms with Crippen LogP contribution in [-0.2, 0) is 9.53 Å². The van der Waals surface area contributed by atoms with Crippen molar-refractivity contribution in [3.63, 3.8) is 0 Å². The van der Waals surface area contributed by atoms with Gasteiger partial charge in [-0.3, -0.25) is 4.79 Å². The molecule has 1 amide bonds. The molecule has 2 N–H and O–H groups in total. The first-order valence-electron chi connectivity index (χ1n) is 8.09. The Balaban J connectivity index is 1.95. The fourth-order valence-electron chi connectivity index (χ4n) is 2.25. The Kier molecular flexibility index (Phi) is 6.86. The number of carbonyl (C=O) groups excluding carboxylic acids is 2. The topological polar surface area (TPSA) is 76.7 Å². The van der Waals surface area contributed by atoms with Gasteiger partial charge in [-0.15, -0.1) is 0 Å². The number of anilines is 2. The molecule has 138 valence electrons. The average Bonchev–Trinajstić information content (AvgIpc) is 2.63. The van der Waals surface area contributed by atoms with Crippen LogP contribution in [0.5, 0.6) is 5.75 Å². The molecule has 0 aromatic heterocycles. The Morgan fingerprint density at radius 1 is 1.15 bits per heavy atom. The molecule has 0 radical (unpaired) electrons. The van der Waals surface area contributed by atoms with Crippen molar-refractivity contribution in [2.45, 2.75) is 13.8 Å². The minimum absolute atomic E-state index is 0.0591. The molecule has 0 aliphatic heterocycles. The first-order chi connectivity index (χ1) is 12.4. The highest BCUT2D eigenvalue weighted by atomic mass is 35.5. The van der Waals surface area contributed by atoms with E-state index >= 15 is 0 Å². The summed E-state index contributed by atoms with van der Waals surface area (Å²) in [5.41, 5.74) is 2.57. The molecule has 2 rings (SSSR count). The number of esters is 1. The zero-order chi connectivity index (χ0) is 19.1. The van der Waals surface area contributed by atoms with Gasteiger partial charge in [-0.25, -0.2) is 4.79 Å². The molecule has 0 aliphatic carbocycles. The molecule has 6 nitrogen and oxygen atoms in total. The minimum atomic E-state index is -0.373. The van der Waals surface area contributed by atoms with Crippen LogP contribution in [0.15, 0.2) is 36.4 Å². The van der Waals surface area contributed by atoms with E-state index in [1.165, 1.54) is 7.11 Å². The molecular formula is C19H21ClN2O4. The highest BCUT2D eigenvalue weighted by molar-refractivity contribution is 6.31. The highest BCUT2D eigenvalue weighted by Gasteiger charge is 2.11. The molecule has 0 spiro atoms. The van der Waals surface area contributed by atoms with Crippen LogP contribution in [0.1, 0.15) is 22.8 Å². The summed E-state index contributed by atoms with van der Waals surface area (Å²) < 4.78 is 10.2. The Morgan fingerprint density at radius 3 is 2.46 bits per heavy atom. The fraction of sp³-hybridized carbons (Fsp3) is 0.263. The van der Waals surface area contributed by atoms with Crippen molar-refractivity contribution in [3.05, 3.63) is 52.5 Å². The fourth-order valence-corrected chi connectivity index (χ4v) is 2.40. The maximum absolute atomic E-state index is 12.2. The molecule has 7 heteroatoms. The Labute approximate surface area is 157 Å². The molecule has 0 unspecified atom stereocenters. The third-order valence-corrected chi connectivity index (χ3v) is 4.01. The Morgan fingerprint density at radius 2 is 1.85 bits per heavy atom. The first-order valence-corrected chi connectivity index (χ1v) is 8.47. The zero-order valence-corrected chi connectivity index (χ0v) is 15.6. The van der Waals surface area contributed by atoms with Gasteiger partial charge in [-0.05, 0) is 49.7 Å². The summed E-state index contributed by atoms with van der Waals surface area (Å²) in [5.74, 6) is -0.116. The van der Waals surface area contributed by atoms with E-state index in [0.717, 1.165) is 5.56 Å². The Bertz CT molecular complexity index is 791. The average molecular weight is 377 g/mol. The Hall–Kier alpha value is -2.73. The summed E-state index contributed by atoms with van der Waals surface area (Å²) in [5, 5.41) is 6.35. The van der Waals surface area contributed by atoms with Gasteiger partial charge in [0.05, 0.1) is 31.5 Å². The van der Waals surface area contributed by atoms with Gasteiger partial charge >= 0.3 is 5.97 Å². The van der Waals surface area contributed by atoms with Crippen molar-refractivity contribution < 1.29 is 19.1 Å². The van der Waals surface area contributed by atoms with Gasteiger partial charge in [0.1, 0.15) is 5.75 Å². The summed E-state index contributed by atoms with van der Waals surface area (Å²) in [7, 11) is 1.51. The molecule has 2 aromatic rings. The number of hydrogen-bond donors (Lipinski definition) is 2. The van der Waals surface area contributed by atoms with Crippen LogP contribution in [-0.4, -0.2) is 32.1 Å². The number of halogens is 1. The number of benzene rings is 2. The molecule has 0 aliphatic rings. The van der Waals surface area contributed by atoms with Crippen LogP contribution in [0.4, 0.5) is 11.4 Å². The van der Waals surface area contributed by atoms with Crippen molar-refractivity contribution in [1.29, 1.82) is 0 Å². The largest absolute Gasteiger partial charge is 0.495 e. The van der Waals surface area contributed by atoms with Crippen molar-refractivity contribution in [2.24, 2.45) is 0 Å². The summed E-state index contributed by atoms with van der Waals surface area (Å²) in [4.78, 5) is 23.8. The van der Waals surface area contributed by atoms with E-state index in [2.05, 4.69) is 10.6 Å². The van der Waals surface area contributed by atoms with Crippen LogP contribution >= 0.6 is 11.6 Å². The molecule has 0 saturated carbocycles. The third-order valence-electron chi connectivity index (χ3n) is 3.60. The molecule has 0 atom stereocenters. The van der Waals surface area contributed by atoms with E-state index in [9.17, 15) is 9.59 Å². The van der Waals surface area contributed by atoms with Gasteiger partial charge in [0.15, 0.2) is 0 Å². The summed E-state index contributed by atoms with van der Waals surface area (Å²) in [6.45, 7) is 3.99. The van der Waals surface area contributed by atoms with Crippen LogP contribution in [0, 0.1) is 6.92 Å². The second-order valence-electron chi connectivity index (χ2n) is 5.50. The van der Waals surface area contributed by atoms with Crippen molar-refractivity contribution in [2.75, 3.05) is 30.9 Å². The van der Waals surface area contributed by atoms with Crippen molar-refractivity contribution in [3.8, 4) is 5.75 Å². The van der Waals surface area contributed by atoms with E-state index in [0.29, 0.717) is 34.3 Å². The number of rotatable bonds is 7. The molecule has 0 fully saturated rings. The molecular weight excluding hydrogens is 356 g/mol. The number of nitrogens with one attached hydrogen (secondary N) is 2. The monoisotopic (exact) mass is 376 g/mol. The van der Waals surface area contributed by atoms with Crippen molar-refractivity contribution in [1.82, 2.24) is 0 Å². The van der Waals surface area contributed by atoms with E-state index < -0.39 is 0 Å². The molecule has 0 bridgehead atoms. The molecule has 2 aromatic carbocycles. The number of hydrogen-bond acceptors (Lipinski definition) is 5. The maximum Gasteiger partial charge on any atom is 0.338 e. The maximum atomic E-state index is 12.2. The van der Waals surface area contributed by atoms with Crippen LogP contribution in [0.2, 0.25) is 5.02 Å². The predicted octanol–water partition coefficient (Wildman–Crippen LogP) is 3.88. The molecule has 0 saturated heterocycles. The second-order valence-corrected chi connectivity index (χ2v) is 5.91. The van der Waals surface area contributed by atoms with Gasteiger partial charge in [0.2, 0.25) is 5.91 Å². The number of ether oxygens (including phenoxy) is 2. The predicted molar refractivity (Wildman–Crippen MR) is 102 cm³/mol. The van der Waals surface area contributed by atoms with E-state index in [1.54, 1.807) is 43.3 Å². The minimum Gasteiger partial charge on any atom is -0.495 e. The number of methoxy groups -OCH3 is 1. The zero-order valence-electron chi connectivity index (χ0n) is 14.9. The van der Waals surface area contributed by atoms with Gasteiger partial charge in [-0.2, -0.15) is 0 Å². The lowest BCUT2D eigenvalue weighted by Gasteiger charge is -2.13. The molecule has 26 heavy (non-hydrogen) atoms. The second kappa shape index (κ2) is 9.10. The number of aryl methyl sites for hydroxylation is 1. The molecule has 0 heterocycles. The summed E-state index contributed by atoms with van der Waals surface area (Å²) >= 11 is 6.06. The lowest BCUT2D eigenvalue weighted by molar-refractivity contribution is -0.114. The smallest absolute Gasteiger partial charge is 0.338 e. The van der Waals surface area contributed by atoms with Gasteiger partial charge in [0, 0.05) is 16.8 Å². The lowest BCUT2D eigenvalue weighted by atomic mass is 10.2. The van der Waals surface area contributed by atoms with Crippen LogP contribution in [0.25, 0.3) is 0 Å². The van der Waals surface area contributed by atoms with E-state index in [-0.39, 0.29) is 18.4 Å². The first kappa shape index (κ1) is 19.6. The van der Waals surface area contributed by atoms with Crippen molar-refractivity contribution >= 4 is 34.9 Å². The SMILES string of the molecule is CCOC(=O)c1ccc(NCC(=O)Nc2cc(C)c(Cl)cc2OC)cc1. The standard InChI is InChI=1S/C19H21ClN2O4/c1-4-26-19(24)13-5-7-14(8-6-13)21-11-18(23)22-16-9-12(2)15(20)10-17(16)25-3/h5-10,21H,4,11H2,1-3H3,(H,22,23). The van der Waals surface area contributed by atoms with Gasteiger partial charge in [0.25, 0.3) is 0 Å². The normalized spacial score (nSPS) is 10.2. The summed E-state index contributed by atoms with van der Waals surface area (Å²) in [6.07, 6.45) is 0. The van der Waals surface area contributed by atoms with Crippen LogP contribution in [0.3, 0.4) is 0 Å². The summed E-state index contributed by atoms with van der Waals surface area (Å²) in [6, 6.07) is 10.1. The highest BCUT2D eigenvalue weighted by Crippen LogP contribution is 2.30. The van der Waals surface area contributed by atoms with Gasteiger partial charge < -0.3 is 20.1 Å². The van der Waals surface area contributed by atoms with Crippen LogP contribution < -0.4 is 15.4 Å². The third kappa shape index (κ3) is 5.13. The number of carbonyl (C=O) groups is 2. The van der Waals surface area contributed by atoms with Gasteiger partial charge in [-0.1, -0.05) is 11.6 Å². The van der Waals surface area contributed by atoms with E-state index in [4.69, 9.17) is 21.1 Å².